The van der Waals surface area contributed by atoms with Crippen molar-refractivity contribution in [3.63, 3.8) is 0 Å². The zero-order valence-corrected chi connectivity index (χ0v) is 16.7. The molecule has 1 aromatic rings. The summed E-state index contributed by atoms with van der Waals surface area (Å²) in [6.07, 6.45) is 9.30. The first-order chi connectivity index (χ1) is 13.0. The van der Waals surface area contributed by atoms with Crippen LogP contribution < -0.4 is 9.62 Å². The highest BCUT2D eigenvalue weighted by Crippen LogP contribution is 2.43. The lowest BCUT2D eigenvalue weighted by Gasteiger charge is -2.40. The number of hydrogen-bond acceptors (Lipinski definition) is 3. The largest absolute Gasteiger partial charge is 0.352 e. The van der Waals surface area contributed by atoms with Crippen LogP contribution in [-0.2, 0) is 21.4 Å². The molecule has 27 heavy (non-hydrogen) atoms. The molecular weight excluding hydrogens is 360 g/mol. The van der Waals surface area contributed by atoms with E-state index in [1.54, 1.807) is 0 Å². The lowest BCUT2D eigenvalue weighted by molar-refractivity contribution is -0.129. The third-order valence-corrected chi connectivity index (χ3v) is 8.57. The molecule has 0 radical (unpaired) electrons. The van der Waals surface area contributed by atoms with E-state index < -0.39 is 10.0 Å². The predicted molar refractivity (Wildman–Crippen MR) is 107 cm³/mol. The minimum Gasteiger partial charge on any atom is -0.352 e. The van der Waals surface area contributed by atoms with E-state index in [9.17, 15) is 13.2 Å². The number of sulfonamides is 1. The van der Waals surface area contributed by atoms with Gasteiger partial charge in [-0.05, 0) is 48.8 Å². The van der Waals surface area contributed by atoms with E-state index in [-0.39, 0.29) is 17.6 Å². The molecule has 3 unspecified atom stereocenters. The van der Waals surface area contributed by atoms with Gasteiger partial charge in [-0.25, -0.2) is 8.42 Å². The fraction of sp³-hybridized carbons (Fsp3) is 0.667. The normalized spacial score (nSPS) is 29.9. The Balaban J connectivity index is 1.35. The van der Waals surface area contributed by atoms with Crippen molar-refractivity contribution in [3.05, 3.63) is 29.8 Å². The molecule has 0 aromatic heterocycles. The topological polar surface area (TPSA) is 66.5 Å². The Morgan fingerprint density at radius 3 is 2.48 bits per heavy atom. The second kappa shape index (κ2) is 7.82. The Bertz CT molecular complexity index is 773. The van der Waals surface area contributed by atoms with Crippen LogP contribution >= 0.6 is 0 Å². The van der Waals surface area contributed by atoms with Gasteiger partial charge in [0.2, 0.25) is 15.9 Å². The summed E-state index contributed by atoms with van der Waals surface area (Å²) in [6, 6.07) is 7.55. The zero-order valence-electron chi connectivity index (χ0n) is 15.9. The van der Waals surface area contributed by atoms with Gasteiger partial charge >= 0.3 is 0 Å². The second-order valence-electron chi connectivity index (χ2n) is 8.37. The fourth-order valence-electron chi connectivity index (χ4n) is 5.29. The van der Waals surface area contributed by atoms with Crippen molar-refractivity contribution < 1.29 is 13.2 Å². The maximum Gasteiger partial charge on any atom is 0.235 e. The van der Waals surface area contributed by atoms with Gasteiger partial charge in [0, 0.05) is 19.0 Å². The number of benzene rings is 1. The van der Waals surface area contributed by atoms with E-state index in [1.165, 1.54) is 42.8 Å². The molecule has 2 saturated carbocycles. The monoisotopic (exact) mass is 390 g/mol. The van der Waals surface area contributed by atoms with Crippen molar-refractivity contribution in [1.29, 1.82) is 0 Å². The van der Waals surface area contributed by atoms with Gasteiger partial charge in [-0.15, -0.1) is 0 Å². The van der Waals surface area contributed by atoms with Gasteiger partial charge in [0.05, 0.1) is 11.4 Å². The first-order valence-electron chi connectivity index (χ1n) is 10.4. The summed E-state index contributed by atoms with van der Waals surface area (Å²) >= 11 is 0. The first-order valence-corrected chi connectivity index (χ1v) is 12.0. The number of carbonyl (C=O) groups is 1. The van der Waals surface area contributed by atoms with Crippen LogP contribution in [0.15, 0.2) is 24.3 Å². The highest BCUT2D eigenvalue weighted by atomic mass is 32.2. The summed E-state index contributed by atoms with van der Waals surface area (Å²) in [7, 11) is -3.14. The Labute approximate surface area is 162 Å². The summed E-state index contributed by atoms with van der Waals surface area (Å²) in [5, 5.41) is 3.14. The maximum absolute atomic E-state index is 12.8. The molecule has 5 nitrogen and oxygen atoms in total. The first kappa shape index (κ1) is 18.8. The van der Waals surface area contributed by atoms with Crippen LogP contribution in [0.3, 0.4) is 0 Å². The van der Waals surface area contributed by atoms with Crippen LogP contribution in [0.25, 0.3) is 0 Å². The summed E-state index contributed by atoms with van der Waals surface area (Å²) in [6.45, 7) is 1.07. The zero-order chi connectivity index (χ0) is 18.9. The molecule has 4 rings (SSSR count). The number of nitrogens with zero attached hydrogens (tertiary/aromatic N) is 1. The third-order valence-electron chi connectivity index (χ3n) is 6.70. The molecule has 3 fully saturated rings. The van der Waals surface area contributed by atoms with Crippen molar-refractivity contribution in [2.75, 3.05) is 16.6 Å². The van der Waals surface area contributed by atoms with E-state index in [4.69, 9.17) is 0 Å². The standard InChI is InChI=1S/C21H30N2O3S/c24-21(20-8-3-6-17-5-1-2-7-19(17)20)22-15-16-9-11-18(12-10-16)23-13-4-14-27(23,25)26/h9-12,17,19-20H,1-8,13-15H2,(H,22,24). The van der Waals surface area contributed by atoms with Gasteiger partial charge in [-0.3, -0.25) is 9.10 Å². The fourth-order valence-corrected chi connectivity index (χ4v) is 6.86. The van der Waals surface area contributed by atoms with E-state index >= 15 is 0 Å². The van der Waals surface area contributed by atoms with E-state index in [0.29, 0.717) is 25.4 Å². The summed E-state index contributed by atoms with van der Waals surface area (Å²) in [4.78, 5) is 12.8. The molecule has 6 heteroatoms. The Morgan fingerprint density at radius 1 is 1.00 bits per heavy atom. The molecule has 3 aliphatic rings. The minimum absolute atomic E-state index is 0.179. The smallest absolute Gasteiger partial charge is 0.235 e. The number of amides is 1. The number of rotatable bonds is 4. The SMILES string of the molecule is O=C(NCc1ccc(N2CCCS2(=O)=O)cc1)C1CCCC2CCCCC21. The van der Waals surface area contributed by atoms with Gasteiger partial charge in [0.15, 0.2) is 0 Å². The van der Waals surface area contributed by atoms with Gasteiger partial charge in [-0.2, -0.15) is 0 Å². The molecule has 0 spiro atoms. The quantitative estimate of drug-likeness (QED) is 0.856. The van der Waals surface area contributed by atoms with Gasteiger partial charge in [-0.1, -0.05) is 44.2 Å². The molecule has 1 heterocycles. The van der Waals surface area contributed by atoms with Crippen molar-refractivity contribution in [2.45, 2.75) is 57.9 Å². The van der Waals surface area contributed by atoms with Gasteiger partial charge < -0.3 is 5.32 Å². The molecule has 1 saturated heterocycles. The summed E-state index contributed by atoms with van der Waals surface area (Å²) in [5.74, 6) is 1.95. The van der Waals surface area contributed by atoms with Crippen molar-refractivity contribution in [1.82, 2.24) is 5.32 Å². The molecule has 148 valence electrons. The highest BCUT2D eigenvalue weighted by molar-refractivity contribution is 7.93. The van der Waals surface area contributed by atoms with E-state index in [1.807, 2.05) is 24.3 Å². The average molecular weight is 391 g/mol. The van der Waals surface area contributed by atoms with E-state index in [2.05, 4.69) is 5.32 Å². The molecule has 1 N–H and O–H groups in total. The summed E-state index contributed by atoms with van der Waals surface area (Å²) < 4.78 is 25.5. The second-order valence-corrected chi connectivity index (χ2v) is 10.4. The molecule has 0 bridgehead atoms. The van der Waals surface area contributed by atoms with Crippen LogP contribution in [-0.4, -0.2) is 26.6 Å². The van der Waals surface area contributed by atoms with E-state index in [0.717, 1.165) is 23.6 Å². The number of fused-ring (bicyclic) bond motifs is 1. The highest BCUT2D eigenvalue weighted by Gasteiger charge is 2.38. The van der Waals surface area contributed by atoms with Crippen molar-refractivity contribution >= 4 is 21.6 Å². The minimum atomic E-state index is -3.14. The van der Waals surface area contributed by atoms with Crippen LogP contribution in [0.1, 0.15) is 56.9 Å². The Morgan fingerprint density at radius 2 is 1.74 bits per heavy atom. The molecule has 1 amide bonds. The van der Waals surface area contributed by atoms with Crippen LogP contribution in [0.4, 0.5) is 5.69 Å². The number of nitrogens with one attached hydrogen (secondary N) is 1. The maximum atomic E-state index is 12.8. The van der Waals surface area contributed by atoms with Gasteiger partial charge in [0.1, 0.15) is 0 Å². The third kappa shape index (κ3) is 4.00. The molecular formula is C21H30N2O3S. The summed E-state index contributed by atoms with van der Waals surface area (Å²) in [5.41, 5.74) is 1.74. The lowest BCUT2D eigenvalue weighted by atomic mass is 9.65. The van der Waals surface area contributed by atoms with Crippen LogP contribution in [0.5, 0.6) is 0 Å². The molecule has 1 aromatic carbocycles. The van der Waals surface area contributed by atoms with Crippen molar-refractivity contribution in [3.8, 4) is 0 Å². The number of anilines is 1. The van der Waals surface area contributed by atoms with Crippen LogP contribution in [0, 0.1) is 17.8 Å². The Hall–Kier alpha value is -1.56. The van der Waals surface area contributed by atoms with Gasteiger partial charge in [0.25, 0.3) is 0 Å². The number of hydrogen-bond donors (Lipinski definition) is 1. The predicted octanol–water partition coefficient (Wildman–Crippen LogP) is 3.45. The Kier molecular flexibility index (Phi) is 5.44. The van der Waals surface area contributed by atoms with Crippen LogP contribution in [0.2, 0.25) is 0 Å². The average Bonchev–Trinajstić information content (AvgIpc) is 3.05. The number of carbonyl (C=O) groups excluding carboxylic acids is 1. The van der Waals surface area contributed by atoms with Crippen molar-refractivity contribution in [2.24, 2.45) is 17.8 Å². The molecule has 2 aliphatic carbocycles. The molecule has 1 aliphatic heterocycles. The lowest BCUT2D eigenvalue weighted by Crippen LogP contribution is -2.41. The molecule has 3 atom stereocenters.